The number of methoxy groups -OCH3 is 2. The van der Waals surface area contributed by atoms with Gasteiger partial charge in [-0.2, -0.15) is 0 Å². The maximum absolute atomic E-state index is 10.5. The quantitative estimate of drug-likeness (QED) is 0.104. The van der Waals surface area contributed by atoms with E-state index in [1.54, 1.807) is 0 Å². The molecule has 0 saturated heterocycles. The van der Waals surface area contributed by atoms with Crippen LogP contribution in [-0.2, 0) is 23.5 Å². The molecule has 0 rings (SSSR count). The van der Waals surface area contributed by atoms with Crippen molar-refractivity contribution in [1.82, 2.24) is 0 Å². The minimum Gasteiger partial charge on any atom is -0.466 e. The fourth-order valence-electron chi connectivity index (χ4n) is 1.78. The minimum absolute atomic E-state index is 0.263. The van der Waals surface area contributed by atoms with Gasteiger partial charge in [-0.3, -0.25) is 0 Å². The van der Waals surface area contributed by atoms with Gasteiger partial charge in [-0.15, -0.1) is 6.58 Å². The highest BCUT2D eigenvalue weighted by Crippen LogP contribution is 2.36. The Morgan fingerprint density at radius 1 is 0.903 bits per heavy atom. The van der Waals surface area contributed by atoms with Gasteiger partial charge in [-0.05, 0) is 50.2 Å². The predicted molar refractivity (Wildman–Crippen MR) is 135 cm³/mol. The number of hydrogen-bond donors (Lipinski definition) is 0. The van der Waals surface area contributed by atoms with Crippen LogP contribution in [0.1, 0.15) is 72.6 Å². The molecule has 0 bridgehead atoms. The van der Waals surface area contributed by atoms with Crippen LogP contribution in [0.3, 0.4) is 0 Å². The number of allylic oxidation sites excluding steroid dienone is 2. The van der Waals surface area contributed by atoms with E-state index in [0.717, 1.165) is 31.9 Å². The van der Waals surface area contributed by atoms with Crippen molar-refractivity contribution >= 4 is 20.3 Å². The van der Waals surface area contributed by atoms with Crippen LogP contribution in [0.2, 0.25) is 18.1 Å². The van der Waals surface area contributed by atoms with Gasteiger partial charge in [-0.25, -0.2) is 9.59 Å². The van der Waals surface area contributed by atoms with Gasteiger partial charge in [0.1, 0.15) is 0 Å². The van der Waals surface area contributed by atoms with E-state index >= 15 is 0 Å². The molecule has 0 amide bonds. The Hall–Kier alpha value is -1.66. The van der Waals surface area contributed by atoms with E-state index in [-0.39, 0.29) is 5.97 Å². The molecule has 0 unspecified atom stereocenters. The largest absolute Gasteiger partial charge is 0.466 e. The van der Waals surface area contributed by atoms with Crippen molar-refractivity contribution in [3.05, 3.63) is 37.5 Å². The molecule has 0 aliphatic carbocycles. The normalized spacial score (nSPS) is 10.8. The van der Waals surface area contributed by atoms with Crippen LogP contribution in [-0.4, -0.2) is 41.1 Å². The van der Waals surface area contributed by atoms with Gasteiger partial charge in [0.05, 0.1) is 14.2 Å². The fourth-order valence-corrected chi connectivity index (χ4v) is 2.87. The van der Waals surface area contributed by atoms with Crippen molar-refractivity contribution in [2.45, 2.75) is 90.8 Å². The van der Waals surface area contributed by atoms with Gasteiger partial charge >= 0.3 is 11.9 Å². The summed E-state index contributed by atoms with van der Waals surface area (Å²) >= 11 is 0. The molecule has 5 nitrogen and oxygen atoms in total. The Balaban J connectivity index is -0.000000410. The first-order chi connectivity index (χ1) is 14.4. The lowest BCUT2D eigenvalue weighted by Crippen LogP contribution is -2.40. The number of carbonyl (C=O) groups excluding carboxylic acids is 2. The zero-order valence-electron chi connectivity index (χ0n) is 21.4. The topological polar surface area (TPSA) is 61.8 Å². The molecule has 0 aromatic carbocycles. The first-order valence-electron chi connectivity index (χ1n) is 11.1. The third-order valence-electron chi connectivity index (χ3n) is 4.87. The van der Waals surface area contributed by atoms with Crippen molar-refractivity contribution in [1.29, 1.82) is 0 Å². The molecule has 0 aliphatic rings. The molecule has 31 heavy (non-hydrogen) atoms. The van der Waals surface area contributed by atoms with Gasteiger partial charge in [0.25, 0.3) is 0 Å². The molecule has 182 valence electrons. The van der Waals surface area contributed by atoms with Gasteiger partial charge in [0, 0.05) is 18.8 Å². The summed E-state index contributed by atoms with van der Waals surface area (Å²) in [5.41, 5.74) is 0. The summed E-state index contributed by atoms with van der Waals surface area (Å²) in [6.07, 6.45) is 14.5. The van der Waals surface area contributed by atoms with E-state index in [4.69, 9.17) is 4.43 Å². The molecule has 0 aliphatic heterocycles. The third-order valence-corrected chi connectivity index (χ3v) is 9.41. The second-order valence-electron chi connectivity index (χ2n) is 8.54. The van der Waals surface area contributed by atoms with Crippen molar-refractivity contribution in [3.8, 4) is 0 Å². The lowest BCUT2D eigenvalue weighted by atomic mass is 10.2. The average Bonchev–Trinajstić information content (AvgIpc) is 2.72. The van der Waals surface area contributed by atoms with E-state index in [2.05, 4.69) is 63.4 Å². The summed E-state index contributed by atoms with van der Waals surface area (Å²) in [6, 6.07) is 0. The molecule has 0 aromatic rings. The number of esters is 2. The number of rotatable bonds is 12. The van der Waals surface area contributed by atoms with Crippen molar-refractivity contribution in [2.75, 3.05) is 20.8 Å². The highest BCUT2D eigenvalue weighted by molar-refractivity contribution is 6.74. The highest BCUT2D eigenvalue weighted by Gasteiger charge is 2.36. The van der Waals surface area contributed by atoms with Crippen LogP contribution in [0.5, 0.6) is 0 Å². The van der Waals surface area contributed by atoms with E-state index < -0.39 is 14.3 Å². The van der Waals surface area contributed by atoms with Gasteiger partial charge in [-0.1, -0.05) is 59.3 Å². The van der Waals surface area contributed by atoms with Crippen molar-refractivity contribution < 1.29 is 23.5 Å². The zero-order chi connectivity index (χ0) is 24.8. The predicted octanol–water partition coefficient (Wildman–Crippen LogP) is 7.01. The second kappa shape index (κ2) is 21.6. The summed E-state index contributed by atoms with van der Waals surface area (Å²) in [7, 11) is 1.21. The SMILES string of the molecule is C=CC(=O)OC.C=CCCCCO[Si](C)(C)C(C)(C)C.CCCCC/C=C/C(=O)OC. The summed E-state index contributed by atoms with van der Waals surface area (Å²) in [6.45, 7) is 21.4. The standard InChI is InChI=1S/C12H26OSi.C9H16O2.C4H6O2/c1-7-8-9-10-11-13-14(5,6)12(2,3)4;1-3-4-5-6-7-8-9(10)11-2;1-3-4(5)6-2/h7H,1,8-11H2,2-6H3;7-8H,3-6H2,1-2H3;3H,1H2,2H3/b;8-7+;. The molecule has 0 atom stereocenters. The molecule has 0 fully saturated rings. The molecule has 6 heteroatoms. The minimum atomic E-state index is -1.49. The molecular weight excluding hydrogens is 408 g/mol. The van der Waals surface area contributed by atoms with Crippen LogP contribution in [0.15, 0.2) is 37.5 Å². The third kappa shape index (κ3) is 24.5. The first kappa shape index (κ1) is 34.0. The van der Waals surface area contributed by atoms with Crippen LogP contribution in [0.4, 0.5) is 0 Å². The monoisotopic (exact) mass is 456 g/mol. The Labute approximate surface area is 193 Å². The Bertz CT molecular complexity index is 505. The second-order valence-corrected chi connectivity index (χ2v) is 13.4. The van der Waals surface area contributed by atoms with Crippen LogP contribution in [0, 0.1) is 0 Å². The summed E-state index contributed by atoms with van der Waals surface area (Å²) < 4.78 is 14.6. The van der Waals surface area contributed by atoms with Gasteiger partial charge < -0.3 is 13.9 Å². The van der Waals surface area contributed by atoms with Crippen LogP contribution < -0.4 is 0 Å². The van der Waals surface area contributed by atoms with Gasteiger partial charge in [0.15, 0.2) is 8.32 Å². The molecule has 0 aromatic heterocycles. The van der Waals surface area contributed by atoms with Crippen molar-refractivity contribution in [2.24, 2.45) is 0 Å². The molecule has 0 saturated carbocycles. The lowest BCUT2D eigenvalue weighted by molar-refractivity contribution is -0.135. The number of hydrogen-bond acceptors (Lipinski definition) is 5. The molecule has 0 radical (unpaired) electrons. The first-order valence-corrected chi connectivity index (χ1v) is 14.0. The zero-order valence-corrected chi connectivity index (χ0v) is 22.4. The van der Waals surface area contributed by atoms with E-state index in [1.807, 2.05) is 12.2 Å². The van der Waals surface area contributed by atoms with E-state index in [1.165, 1.54) is 46.0 Å². The van der Waals surface area contributed by atoms with E-state index in [0.29, 0.717) is 5.04 Å². The lowest BCUT2D eigenvalue weighted by Gasteiger charge is -2.36. The summed E-state index contributed by atoms with van der Waals surface area (Å²) in [5, 5.41) is 0.339. The number of carbonyl (C=O) groups is 2. The van der Waals surface area contributed by atoms with E-state index in [9.17, 15) is 9.59 Å². The van der Waals surface area contributed by atoms with Crippen LogP contribution >= 0.6 is 0 Å². The fraction of sp³-hybridized carbons (Fsp3) is 0.680. The number of unbranched alkanes of at least 4 members (excludes halogenated alkanes) is 5. The highest BCUT2D eigenvalue weighted by atomic mass is 28.4. The average molecular weight is 457 g/mol. The van der Waals surface area contributed by atoms with Crippen LogP contribution in [0.25, 0.3) is 0 Å². The summed E-state index contributed by atoms with van der Waals surface area (Å²) in [5.74, 6) is -0.656. The van der Waals surface area contributed by atoms with Gasteiger partial charge in [0.2, 0.25) is 0 Å². The molecule has 0 heterocycles. The number of ether oxygens (including phenoxy) is 2. The van der Waals surface area contributed by atoms with Crippen molar-refractivity contribution in [3.63, 3.8) is 0 Å². The Morgan fingerprint density at radius 2 is 1.45 bits per heavy atom. The Kier molecular flexibility index (Phi) is 23.6. The maximum Gasteiger partial charge on any atom is 0.330 e. The molecule has 0 N–H and O–H groups in total. The smallest absolute Gasteiger partial charge is 0.330 e. The Morgan fingerprint density at radius 3 is 1.84 bits per heavy atom. The summed E-state index contributed by atoms with van der Waals surface area (Å²) in [4.78, 5) is 20.4. The molecule has 0 spiro atoms. The molecular formula is C25H48O5Si. The maximum atomic E-state index is 10.5.